The highest BCUT2D eigenvalue weighted by Crippen LogP contribution is 2.42. The molecule has 7 nitrogen and oxygen atoms in total. The van der Waals surface area contributed by atoms with Gasteiger partial charge < -0.3 is 24.5 Å². The number of anilines is 1. The van der Waals surface area contributed by atoms with Crippen molar-refractivity contribution in [1.82, 2.24) is 5.32 Å². The SMILES string of the molecule is CSCC[C@H](NC(=O)c1ccco1)C(=O)Nc1ccc2c(c1)OC(F)(F)O2. The lowest BCUT2D eigenvalue weighted by molar-refractivity contribution is -0.286. The van der Waals surface area contributed by atoms with Crippen molar-refractivity contribution in [2.45, 2.75) is 18.8 Å². The molecule has 0 radical (unpaired) electrons. The smallest absolute Gasteiger partial charge is 0.459 e. The van der Waals surface area contributed by atoms with Crippen LogP contribution in [-0.4, -0.2) is 36.2 Å². The van der Waals surface area contributed by atoms with Crippen molar-refractivity contribution in [2.75, 3.05) is 17.3 Å². The Balaban J connectivity index is 1.68. The number of hydrogen-bond donors (Lipinski definition) is 2. The number of fused-ring (bicyclic) bond motifs is 1. The average molecular weight is 398 g/mol. The van der Waals surface area contributed by atoms with Gasteiger partial charge in [-0.15, -0.1) is 8.78 Å². The molecule has 0 spiro atoms. The lowest BCUT2D eigenvalue weighted by atomic mass is 10.2. The van der Waals surface area contributed by atoms with Crippen LogP contribution in [-0.2, 0) is 4.79 Å². The van der Waals surface area contributed by atoms with E-state index < -0.39 is 24.2 Å². The molecule has 0 saturated carbocycles. The summed E-state index contributed by atoms with van der Waals surface area (Å²) in [5.74, 6) is -0.603. The number of furan rings is 1. The van der Waals surface area contributed by atoms with Crippen LogP contribution < -0.4 is 20.1 Å². The Kier molecular flexibility index (Phi) is 5.54. The van der Waals surface area contributed by atoms with E-state index >= 15 is 0 Å². The van der Waals surface area contributed by atoms with Gasteiger partial charge in [-0.3, -0.25) is 9.59 Å². The predicted molar refractivity (Wildman–Crippen MR) is 94.2 cm³/mol. The van der Waals surface area contributed by atoms with Crippen LogP contribution in [0.4, 0.5) is 14.5 Å². The normalized spacial score (nSPS) is 15.2. The summed E-state index contributed by atoms with van der Waals surface area (Å²) in [7, 11) is 0. The second kappa shape index (κ2) is 7.87. The molecule has 27 heavy (non-hydrogen) atoms. The van der Waals surface area contributed by atoms with Gasteiger partial charge in [-0.1, -0.05) is 0 Å². The van der Waals surface area contributed by atoms with E-state index in [1.54, 1.807) is 6.07 Å². The van der Waals surface area contributed by atoms with E-state index in [4.69, 9.17) is 4.42 Å². The van der Waals surface area contributed by atoms with Crippen molar-refractivity contribution in [1.29, 1.82) is 0 Å². The molecule has 144 valence electrons. The standard InChI is InChI=1S/C17H16F2N2O5S/c1-27-8-6-11(21-16(23)13-3-2-7-24-13)15(22)20-10-4-5-12-14(9-10)26-17(18,19)25-12/h2-5,7,9,11H,6,8H2,1H3,(H,20,22)(H,21,23)/t11-/m0/s1. The molecule has 0 saturated heterocycles. The molecule has 2 heterocycles. The third-order valence-corrected chi connectivity index (χ3v) is 4.29. The van der Waals surface area contributed by atoms with Gasteiger partial charge in [0.05, 0.1) is 6.26 Å². The topological polar surface area (TPSA) is 89.8 Å². The first kappa shape index (κ1) is 19.0. The van der Waals surface area contributed by atoms with Crippen molar-refractivity contribution >= 4 is 29.3 Å². The molecule has 0 aliphatic carbocycles. The number of nitrogens with one attached hydrogen (secondary N) is 2. The number of rotatable bonds is 7. The fourth-order valence-corrected chi connectivity index (χ4v) is 2.87. The molecule has 1 aliphatic rings. The van der Waals surface area contributed by atoms with Gasteiger partial charge in [-0.05, 0) is 42.7 Å². The number of amides is 2. The Hall–Kier alpha value is -2.75. The molecule has 0 fully saturated rings. The van der Waals surface area contributed by atoms with E-state index in [0.717, 1.165) is 0 Å². The summed E-state index contributed by atoms with van der Waals surface area (Å²) in [5.41, 5.74) is 0.237. The molecule has 2 N–H and O–H groups in total. The number of benzene rings is 1. The first-order chi connectivity index (χ1) is 12.9. The van der Waals surface area contributed by atoms with Gasteiger partial charge in [0.2, 0.25) is 5.91 Å². The molecular weight excluding hydrogens is 382 g/mol. The highest BCUT2D eigenvalue weighted by Gasteiger charge is 2.43. The molecule has 3 rings (SSSR count). The van der Waals surface area contributed by atoms with Gasteiger partial charge >= 0.3 is 6.29 Å². The molecule has 1 aromatic heterocycles. The minimum Gasteiger partial charge on any atom is -0.459 e. The lowest BCUT2D eigenvalue weighted by Crippen LogP contribution is -2.44. The van der Waals surface area contributed by atoms with E-state index in [0.29, 0.717) is 12.2 Å². The van der Waals surface area contributed by atoms with Crippen LogP contribution in [0.1, 0.15) is 17.0 Å². The molecule has 2 amide bonds. The fraction of sp³-hybridized carbons (Fsp3) is 0.294. The Labute approximate surface area is 157 Å². The zero-order chi connectivity index (χ0) is 19.4. The third-order valence-electron chi connectivity index (χ3n) is 3.65. The fourth-order valence-electron chi connectivity index (χ4n) is 2.40. The summed E-state index contributed by atoms with van der Waals surface area (Å²) in [6, 6.07) is 6.12. The maximum absolute atomic E-state index is 13.1. The quantitative estimate of drug-likeness (QED) is 0.745. The van der Waals surface area contributed by atoms with Crippen molar-refractivity contribution in [3.8, 4) is 11.5 Å². The van der Waals surface area contributed by atoms with Crippen LogP contribution in [0.2, 0.25) is 0 Å². The van der Waals surface area contributed by atoms with Crippen molar-refractivity contribution < 1.29 is 32.3 Å². The largest absolute Gasteiger partial charge is 0.586 e. The third kappa shape index (κ3) is 4.70. The molecular formula is C17H16F2N2O5S. The highest BCUT2D eigenvalue weighted by molar-refractivity contribution is 7.98. The second-order valence-electron chi connectivity index (χ2n) is 5.60. The van der Waals surface area contributed by atoms with Crippen molar-refractivity contribution in [3.63, 3.8) is 0 Å². The monoisotopic (exact) mass is 398 g/mol. The van der Waals surface area contributed by atoms with Crippen LogP contribution in [0.5, 0.6) is 11.5 Å². The zero-order valence-electron chi connectivity index (χ0n) is 14.2. The summed E-state index contributed by atoms with van der Waals surface area (Å²) < 4.78 is 39.9. The van der Waals surface area contributed by atoms with Crippen molar-refractivity contribution in [3.05, 3.63) is 42.4 Å². The van der Waals surface area contributed by atoms with E-state index in [2.05, 4.69) is 20.1 Å². The van der Waals surface area contributed by atoms with E-state index in [1.165, 1.54) is 42.3 Å². The average Bonchev–Trinajstić information content (AvgIpc) is 3.24. The maximum atomic E-state index is 13.1. The van der Waals surface area contributed by atoms with Gasteiger partial charge in [-0.2, -0.15) is 11.8 Å². The summed E-state index contributed by atoms with van der Waals surface area (Å²) in [5, 5.41) is 5.19. The number of hydrogen-bond acceptors (Lipinski definition) is 6. The second-order valence-corrected chi connectivity index (χ2v) is 6.59. The summed E-state index contributed by atoms with van der Waals surface area (Å²) in [6.45, 7) is 0. The van der Waals surface area contributed by atoms with Crippen LogP contribution in [0.3, 0.4) is 0 Å². The van der Waals surface area contributed by atoms with Crippen LogP contribution >= 0.6 is 11.8 Å². The number of carbonyl (C=O) groups is 2. The van der Waals surface area contributed by atoms with Gasteiger partial charge in [0.1, 0.15) is 6.04 Å². The minimum absolute atomic E-state index is 0.0854. The number of alkyl halides is 2. The van der Waals surface area contributed by atoms with Gasteiger partial charge in [0, 0.05) is 11.8 Å². The first-order valence-electron chi connectivity index (χ1n) is 7.92. The zero-order valence-corrected chi connectivity index (χ0v) is 15.0. The number of thioether (sulfide) groups is 1. The van der Waals surface area contributed by atoms with Gasteiger partial charge in [0.15, 0.2) is 17.3 Å². The van der Waals surface area contributed by atoms with Gasteiger partial charge in [0.25, 0.3) is 5.91 Å². The molecule has 0 unspecified atom stereocenters. The Bertz CT molecular complexity index is 829. The number of ether oxygens (including phenoxy) is 2. The van der Waals surface area contributed by atoms with Crippen molar-refractivity contribution in [2.24, 2.45) is 0 Å². The highest BCUT2D eigenvalue weighted by atomic mass is 32.2. The molecule has 1 aromatic carbocycles. The van der Waals surface area contributed by atoms with Crippen LogP contribution in [0, 0.1) is 0 Å². The van der Waals surface area contributed by atoms with Crippen LogP contribution in [0.25, 0.3) is 0 Å². The lowest BCUT2D eigenvalue weighted by Gasteiger charge is -2.17. The Morgan fingerprint density at radius 2 is 2.00 bits per heavy atom. The van der Waals surface area contributed by atoms with Crippen LogP contribution in [0.15, 0.2) is 41.0 Å². The van der Waals surface area contributed by atoms with E-state index in [-0.39, 0.29) is 22.9 Å². The molecule has 1 aliphatic heterocycles. The molecule has 10 heteroatoms. The molecule has 1 atom stereocenters. The predicted octanol–water partition coefficient (Wildman–Crippen LogP) is 3.09. The number of halogens is 2. The van der Waals surface area contributed by atoms with E-state index in [1.807, 2.05) is 6.26 Å². The van der Waals surface area contributed by atoms with E-state index in [9.17, 15) is 18.4 Å². The summed E-state index contributed by atoms with van der Waals surface area (Å²) in [6.07, 6.45) is -0.124. The molecule has 0 bridgehead atoms. The minimum atomic E-state index is -3.73. The Morgan fingerprint density at radius 1 is 1.22 bits per heavy atom. The maximum Gasteiger partial charge on any atom is 0.586 e. The first-order valence-corrected chi connectivity index (χ1v) is 9.31. The Morgan fingerprint density at radius 3 is 2.70 bits per heavy atom. The molecule has 2 aromatic rings. The summed E-state index contributed by atoms with van der Waals surface area (Å²) in [4.78, 5) is 24.7. The number of carbonyl (C=O) groups excluding carboxylic acids is 2. The van der Waals surface area contributed by atoms with Gasteiger partial charge in [-0.25, -0.2) is 0 Å². The summed E-state index contributed by atoms with van der Waals surface area (Å²) >= 11 is 1.52.